The highest BCUT2D eigenvalue weighted by Gasteiger charge is 2.28. The maximum absolute atomic E-state index is 12.1. The molecule has 0 amide bonds. The zero-order valence-corrected chi connectivity index (χ0v) is 10.4. The highest BCUT2D eigenvalue weighted by Crippen LogP contribution is 2.16. The van der Waals surface area contributed by atoms with E-state index >= 15 is 0 Å². The van der Waals surface area contributed by atoms with Gasteiger partial charge in [0, 0.05) is 6.54 Å². The monoisotopic (exact) mass is 245 g/mol. The number of alkyl halides is 3. The first-order valence-electron chi connectivity index (χ1n) is 5.59. The molecular weight excluding hydrogens is 227 g/mol. The summed E-state index contributed by atoms with van der Waals surface area (Å²) in [5.74, 6) is 0. The third-order valence-electron chi connectivity index (χ3n) is 2.71. The van der Waals surface area contributed by atoms with Gasteiger partial charge in [-0.1, -0.05) is 23.8 Å². The smallest absolute Gasteiger partial charge is 0.298 e. The van der Waals surface area contributed by atoms with Crippen molar-refractivity contribution in [1.29, 1.82) is 0 Å². The van der Waals surface area contributed by atoms with Crippen LogP contribution in [0.3, 0.4) is 0 Å². The van der Waals surface area contributed by atoms with Gasteiger partial charge in [0.25, 0.3) is 0 Å². The van der Waals surface area contributed by atoms with Gasteiger partial charge in [0.2, 0.25) is 0 Å². The maximum atomic E-state index is 12.1. The van der Waals surface area contributed by atoms with Crippen molar-refractivity contribution in [3.05, 3.63) is 34.9 Å². The molecule has 0 aliphatic carbocycles. The molecule has 4 heteroatoms. The first kappa shape index (κ1) is 14.0. The summed E-state index contributed by atoms with van der Waals surface area (Å²) in [6.45, 7) is 3.57. The van der Waals surface area contributed by atoms with E-state index in [-0.39, 0.29) is 0 Å². The van der Waals surface area contributed by atoms with E-state index in [0.29, 0.717) is 13.0 Å². The second-order valence-electron chi connectivity index (χ2n) is 4.53. The molecule has 0 aromatic heterocycles. The number of nitrogens with zero attached hydrogens (tertiary/aromatic N) is 1. The van der Waals surface area contributed by atoms with Gasteiger partial charge in [-0.05, 0) is 38.4 Å². The van der Waals surface area contributed by atoms with Crippen LogP contribution in [0, 0.1) is 13.8 Å². The van der Waals surface area contributed by atoms with Gasteiger partial charge in [0.05, 0.1) is 6.54 Å². The van der Waals surface area contributed by atoms with Crippen LogP contribution >= 0.6 is 0 Å². The number of hydrogen-bond donors (Lipinski definition) is 0. The van der Waals surface area contributed by atoms with Crippen LogP contribution in [0.4, 0.5) is 13.2 Å². The largest absolute Gasteiger partial charge is 0.401 e. The highest BCUT2D eigenvalue weighted by molar-refractivity contribution is 5.30. The van der Waals surface area contributed by atoms with Gasteiger partial charge in [0.1, 0.15) is 0 Å². The molecule has 96 valence electrons. The van der Waals surface area contributed by atoms with E-state index in [1.807, 2.05) is 26.0 Å². The number of aryl methyl sites for hydroxylation is 2. The Labute approximate surface area is 100 Å². The summed E-state index contributed by atoms with van der Waals surface area (Å²) in [6.07, 6.45) is -3.46. The minimum atomic E-state index is -4.11. The van der Waals surface area contributed by atoms with Crippen LogP contribution in [0.25, 0.3) is 0 Å². The number of hydrogen-bond acceptors (Lipinski definition) is 1. The van der Waals surface area contributed by atoms with E-state index in [9.17, 15) is 13.2 Å². The highest BCUT2D eigenvalue weighted by atomic mass is 19.4. The van der Waals surface area contributed by atoms with Gasteiger partial charge in [-0.15, -0.1) is 0 Å². The van der Waals surface area contributed by atoms with Gasteiger partial charge in [-0.3, -0.25) is 4.90 Å². The third-order valence-corrected chi connectivity index (χ3v) is 2.71. The standard InChI is InChI=1S/C13H18F3N/c1-10-4-5-12(11(2)8-10)6-7-17(3)9-13(14,15)16/h4-5,8H,6-7,9H2,1-3H3. The van der Waals surface area contributed by atoms with E-state index in [1.54, 1.807) is 0 Å². The fourth-order valence-corrected chi connectivity index (χ4v) is 1.82. The number of halogens is 3. The van der Waals surface area contributed by atoms with Crippen molar-refractivity contribution in [2.75, 3.05) is 20.1 Å². The van der Waals surface area contributed by atoms with Crippen LogP contribution in [0.5, 0.6) is 0 Å². The normalized spacial score (nSPS) is 12.2. The van der Waals surface area contributed by atoms with E-state index in [0.717, 1.165) is 11.1 Å². The van der Waals surface area contributed by atoms with E-state index in [1.165, 1.54) is 17.5 Å². The van der Waals surface area contributed by atoms with Crippen molar-refractivity contribution in [1.82, 2.24) is 4.90 Å². The molecule has 1 rings (SSSR count). The average molecular weight is 245 g/mol. The molecule has 0 aliphatic heterocycles. The van der Waals surface area contributed by atoms with E-state index in [2.05, 4.69) is 6.07 Å². The van der Waals surface area contributed by atoms with Crippen LogP contribution in [0.15, 0.2) is 18.2 Å². The molecule has 0 saturated carbocycles. The molecule has 0 heterocycles. The molecule has 0 unspecified atom stereocenters. The van der Waals surface area contributed by atoms with Crippen molar-refractivity contribution >= 4 is 0 Å². The average Bonchev–Trinajstić information content (AvgIpc) is 2.13. The van der Waals surface area contributed by atoms with Crippen molar-refractivity contribution in [2.45, 2.75) is 26.4 Å². The van der Waals surface area contributed by atoms with Crippen molar-refractivity contribution in [3.63, 3.8) is 0 Å². The molecule has 1 aromatic carbocycles. The molecule has 17 heavy (non-hydrogen) atoms. The molecule has 0 aliphatic rings. The van der Waals surface area contributed by atoms with E-state index in [4.69, 9.17) is 0 Å². The fourth-order valence-electron chi connectivity index (χ4n) is 1.82. The third kappa shape index (κ3) is 5.22. The van der Waals surface area contributed by atoms with Gasteiger partial charge >= 0.3 is 6.18 Å². The molecule has 1 aromatic rings. The van der Waals surface area contributed by atoms with Gasteiger partial charge in [-0.25, -0.2) is 0 Å². The van der Waals surface area contributed by atoms with Crippen molar-refractivity contribution in [2.24, 2.45) is 0 Å². The predicted molar refractivity (Wildman–Crippen MR) is 63.2 cm³/mol. The summed E-state index contributed by atoms with van der Waals surface area (Å²) in [6, 6.07) is 6.04. The van der Waals surface area contributed by atoms with Crippen LogP contribution in [-0.2, 0) is 6.42 Å². The van der Waals surface area contributed by atoms with Crippen molar-refractivity contribution in [3.8, 4) is 0 Å². The predicted octanol–water partition coefficient (Wildman–Crippen LogP) is 3.34. The molecule has 0 spiro atoms. The molecule has 0 N–H and O–H groups in total. The van der Waals surface area contributed by atoms with E-state index < -0.39 is 12.7 Å². The summed E-state index contributed by atoms with van der Waals surface area (Å²) in [5, 5.41) is 0. The summed E-state index contributed by atoms with van der Waals surface area (Å²) in [5.41, 5.74) is 3.44. The Morgan fingerprint density at radius 2 is 1.82 bits per heavy atom. The molecule has 0 radical (unpaired) electrons. The Morgan fingerprint density at radius 1 is 1.18 bits per heavy atom. The van der Waals surface area contributed by atoms with Crippen LogP contribution in [-0.4, -0.2) is 31.2 Å². The number of benzene rings is 1. The number of rotatable bonds is 4. The topological polar surface area (TPSA) is 3.24 Å². The van der Waals surface area contributed by atoms with Crippen LogP contribution < -0.4 is 0 Å². The molecule has 0 bridgehead atoms. The molecule has 1 nitrogen and oxygen atoms in total. The zero-order chi connectivity index (χ0) is 13.1. The molecule has 0 fully saturated rings. The minimum absolute atomic E-state index is 0.420. The van der Waals surface area contributed by atoms with Gasteiger partial charge in [-0.2, -0.15) is 13.2 Å². The minimum Gasteiger partial charge on any atom is -0.298 e. The Morgan fingerprint density at radius 3 is 2.35 bits per heavy atom. The quantitative estimate of drug-likeness (QED) is 0.786. The molecular formula is C13H18F3N. The SMILES string of the molecule is Cc1ccc(CCN(C)CC(F)(F)F)c(C)c1. The lowest BCUT2D eigenvalue weighted by Gasteiger charge is -2.19. The summed E-state index contributed by atoms with van der Waals surface area (Å²) < 4.78 is 36.4. The first-order chi connectivity index (χ1) is 7.78. The summed E-state index contributed by atoms with van der Waals surface area (Å²) in [4.78, 5) is 1.30. The first-order valence-corrected chi connectivity index (χ1v) is 5.59. The molecule has 0 atom stereocenters. The summed E-state index contributed by atoms with van der Waals surface area (Å²) >= 11 is 0. The fraction of sp³-hybridized carbons (Fsp3) is 0.538. The van der Waals surface area contributed by atoms with Crippen molar-refractivity contribution < 1.29 is 13.2 Å². The second kappa shape index (κ2) is 5.54. The van der Waals surface area contributed by atoms with Gasteiger partial charge < -0.3 is 0 Å². The maximum Gasteiger partial charge on any atom is 0.401 e. The van der Waals surface area contributed by atoms with Gasteiger partial charge in [0.15, 0.2) is 0 Å². The Kier molecular flexibility index (Phi) is 4.57. The lowest BCUT2D eigenvalue weighted by Crippen LogP contribution is -2.32. The number of likely N-dealkylation sites (N-methyl/N-ethyl adjacent to an activating group) is 1. The lowest BCUT2D eigenvalue weighted by atomic mass is 10.0. The Hall–Kier alpha value is -1.03. The second-order valence-corrected chi connectivity index (χ2v) is 4.53. The van der Waals surface area contributed by atoms with Crippen LogP contribution in [0.2, 0.25) is 0 Å². The Balaban J connectivity index is 2.50. The molecule has 0 saturated heterocycles. The zero-order valence-electron chi connectivity index (χ0n) is 10.4. The Bertz CT molecular complexity index is 371. The summed E-state index contributed by atoms with van der Waals surface area (Å²) in [7, 11) is 1.50. The lowest BCUT2D eigenvalue weighted by molar-refractivity contribution is -0.142. The van der Waals surface area contributed by atoms with Crippen LogP contribution in [0.1, 0.15) is 16.7 Å².